The molecule has 3 atom stereocenters. The third-order valence-electron chi connectivity index (χ3n) is 6.72. The van der Waals surface area contributed by atoms with E-state index >= 15 is 0 Å². The fourth-order valence-corrected chi connectivity index (χ4v) is 4.28. The number of aliphatic hydroxyl groups excluding tert-OH is 1. The van der Waals surface area contributed by atoms with E-state index in [4.69, 9.17) is 14.2 Å². The fourth-order valence-electron chi connectivity index (χ4n) is 4.28. The van der Waals surface area contributed by atoms with E-state index in [1.54, 1.807) is 78.9 Å². The maximum atomic E-state index is 13.2. The molecule has 0 heterocycles. The Bertz CT molecular complexity index is 1430. The Morgan fingerprint density at radius 2 is 1.27 bits per heavy atom. The van der Waals surface area contributed by atoms with Crippen LogP contribution in [0.4, 0.5) is 0 Å². The van der Waals surface area contributed by atoms with Crippen molar-refractivity contribution in [3.63, 3.8) is 0 Å². The number of carbonyl (C=O) groups excluding carboxylic acids is 3. The highest BCUT2D eigenvalue weighted by atomic mass is 16.6. The minimum atomic E-state index is -1.95. The third-order valence-corrected chi connectivity index (χ3v) is 6.72. The number of hydrogen-bond acceptors (Lipinski definition) is 7. The first-order valence-corrected chi connectivity index (χ1v) is 13.2. The molecular formula is C34H32O7. The molecular weight excluding hydrogens is 520 g/mol. The Morgan fingerprint density at radius 1 is 0.756 bits per heavy atom. The van der Waals surface area contributed by atoms with Crippen molar-refractivity contribution in [1.82, 2.24) is 0 Å². The highest BCUT2D eigenvalue weighted by molar-refractivity contribution is 5.90. The van der Waals surface area contributed by atoms with Gasteiger partial charge in [0, 0.05) is 0 Å². The number of aliphatic hydroxyl groups is 1. The lowest BCUT2D eigenvalue weighted by Gasteiger charge is -2.37. The van der Waals surface area contributed by atoms with E-state index in [2.05, 4.69) is 0 Å². The maximum Gasteiger partial charge on any atom is 0.338 e. The number of ether oxygens (including phenoxy) is 3. The third kappa shape index (κ3) is 7.33. The van der Waals surface area contributed by atoms with Crippen molar-refractivity contribution in [2.24, 2.45) is 0 Å². The van der Waals surface area contributed by atoms with Gasteiger partial charge in [-0.1, -0.05) is 96.1 Å². The lowest BCUT2D eigenvalue weighted by Crippen LogP contribution is -2.53. The van der Waals surface area contributed by atoms with Crippen LogP contribution < -0.4 is 0 Å². The van der Waals surface area contributed by atoms with E-state index in [0.29, 0.717) is 17.4 Å². The highest BCUT2D eigenvalue weighted by Crippen LogP contribution is 2.32. The highest BCUT2D eigenvalue weighted by Gasteiger charge is 2.47. The molecule has 0 fully saturated rings. The minimum absolute atomic E-state index is 0.0205. The van der Waals surface area contributed by atoms with E-state index in [1.165, 1.54) is 0 Å². The lowest BCUT2D eigenvalue weighted by molar-refractivity contribution is -0.178. The van der Waals surface area contributed by atoms with Gasteiger partial charge in [0.15, 0.2) is 18.0 Å². The fraction of sp³-hybridized carbons (Fsp3) is 0.206. The Balaban J connectivity index is 1.67. The van der Waals surface area contributed by atoms with Crippen LogP contribution in [0.15, 0.2) is 109 Å². The van der Waals surface area contributed by atoms with E-state index in [0.717, 1.165) is 16.7 Å². The smallest absolute Gasteiger partial charge is 0.338 e. The lowest BCUT2D eigenvalue weighted by atomic mass is 9.86. The topological polar surface area (TPSA) is 99.1 Å². The number of benzene rings is 4. The molecule has 0 spiro atoms. The quantitative estimate of drug-likeness (QED) is 0.187. The van der Waals surface area contributed by atoms with Gasteiger partial charge in [0.25, 0.3) is 0 Å². The Morgan fingerprint density at radius 3 is 1.80 bits per heavy atom. The molecule has 0 radical (unpaired) electrons. The predicted molar refractivity (Wildman–Crippen MR) is 153 cm³/mol. The van der Waals surface area contributed by atoms with Crippen LogP contribution in [0.25, 0.3) is 0 Å². The zero-order chi connectivity index (χ0) is 29.2. The largest absolute Gasteiger partial charge is 0.458 e. The second-order valence-electron chi connectivity index (χ2n) is 9.77. The molecule has 0 saturated heterocycles. The molecule has 0 bridgehead atoms. The summed E-state index contributed by atoms with van der Waals surface area (Å²) in [5, 5.41) is 11.8. The molecule has 0 aliphatic rings. The molecule has 1 N–H and O–H groups in total. The van der Waals surface area contributed by atoms with Crippen LogP contribution in [0.5, 0.6) is 0 Å². The Kier molecular flexibility index (Phi) is 9.79. The van der Waals surface area contributed by atoms with Crippen molar-refractivity contribution in [3.8, 4) is 0 Å². The molecule has 7 nitrogen and oxygen atoms in total. The number of hydrogen-bond donors (Lipinski definition) is 1. The minimum Gasteiger partial charge on any atom is -0.458 e. The van der Waals surface area contributed by atoms with Gasteiger partial charge >= 0.3 is 11.9 Å². The molecule has 41 heavy (non-hydrogen) atoms. The van der Waals surface area contributed by atoms with Gasteiger partial charge in [-0.15, -0.1) is 0 Å². The molecule has 0 aliphatic carbocycles. The van der Waals surface area contributed by atoms with Gasteiger partial charge in [-0.25, -0.2) is 9.59 Å². The van der Waals surface area contributed by atoms with Crippen LogP contribution in [-0.4, -0.2) is 42.1 Å². The average molecular weight is 553 g/mol. The summed E-state index contributed by atoms with van der Waals surface area (Å²) in [6.45, 7) is 3.23. The van der Waals surface area contributed by atoms with Gasteiger partial charge in [-0.2, -0.15) is 0 Å². The molecule has 0 saturated carbocycles. The van der Waals surface area contributed by atoms with Crippen molar-refractivity contribution < 1.29 is 33.7 Å². The molecule has 4 aromatic rings. The second kappa shape index (κ2) is 13.7. The summed E-state index contributed by atoms with van der Waals surface area (Å²) in [7, 11) is 0. The van der Waals surface area contributed by atoms with Gasteiger partial charge in [-0.05, 0) is 49.2 Å². The van der Waals surface area contributed by atoms with E-state index in [9.17, 15) is 19.5 Å². The van der Waals surface area contributed by atoms with Crippen LogP contribution in [-0.2, 0) is 31.2 Å². The first-order valence-electron chi connectivity index (χ1n) is 13.2. The average Bonchev–Trinajstić information content (AvgIpc) is 3.01. The van der Waals surface area contributed by atoms with Crippen molar-refractivity contribution in [1.29, 1.82) is 0 Å². The van der Waals surface area contributed by atoms with Crippen molar-refractivity contribution in [3.05, 3.63) is 143 Å². The van der Waals surface area contributed by atoms with E-state index in [1.807, 2.05) is 44.2 Å². The molecule has 7 heteroatoms. The monoisotopic (exact) mass is 552 g/mol. The summed E-state index contributed by atoms with van der Waals surface area (Å²) in [4.78, 5) is 38.8. The molecule has 0 aromatic heterocycles. The first kappa shape index (κ1) is 29.4. The number of carbonyl (C=O) groups is 3. The van der Waals surface area contributed by atoms with Crippen molar-refractivity contribution >= 4 is 18.2 Å². The maximum absolute atomic E-state index is 13.2. The van der Waals surface area contributed by atoms with Crippen LogP contribution in [0.3, 0.4) is 0 Å². The normalized spacial score (nSPS) is 13.8. The number of aldehydes is 1. The van der Waals surface area contributed by atoms with Gasteiger partial charge in [0.1, 0.15) is 12.7 Å². The summed E-state index contributed by atoms with van der Waals surface area (Å²) in [6, 6.07) is 31.1. The van der Waals surface area contributed by atoms with Gasteiger partial charge in [0.2, 0.25) is 0 Å². The molecule has 4 rings (SSSR count). The van der Waals surface area contributed by atoms with Crippen LogP contribution >= 0.6 is 0 Å². The Hall–Kier alpha value is -4.59. The molecule has 0 unspecified atom stereocenters. The first-order chi connectivity index (χ1) is 19.8. The van der Waals surface area contributed by atoms with Crippen LogP contribution in [0, 0.1) is 13.8 Å². The molecule has 210 valence electrons. The molecule has 0 amide bonds. The van der Waals surface area contributed by atoms with Gasteiger partial charge in [0.05, 0.1) is 17.7 Å². The van der Waals surface area contributed by atoms with E-state index in [-0.39, 0.29) is 12.2 Å². The standard InChI is InChI=1S/C34H32O7/c1-24-13-17-27(18-14-24)32(37)39-22-30(41-33(38)28-19-15-25(2)16-20-28)31(36)34(23-35,29-11-7-4-8-12-29)40-21-26-9-5-3-6-10-26/h3-20,23,30-31,36H,21-22H2,1-2H3/t30-,31-,34-/m1/s1. The zero-order valence-electron chi connectivity index (χ0n) is 22.9. The van der Waals surface area contributed by atoms with Gasteiger partial charge in [-0.3, -0.25) is 4.79 Å². The summed E-state index contributed by atoms with van der Waals surface area (Å²) >= 11 is 0. The number of aryl methyl sites for hydroxylation is 2. The molecule has 0 aliphatic heterocycles. The summed E-state index contributed by atoms with van der Waals surface area (Å²) < 4.78 is 17.4. The van der Waals surface area contributed by atoms with Crippen LogP contribution in [0.1, 0.15) is 43.0 Å². The summed E-state index contributed by atoms with van der Waals surface area (Å²) in [5.74, 6) is -1.42. The zero-order valence-corrected chi connectivity index (χ0v) is 22.9. The predicted octanol–water partition coefficient (Wildman–Crippen LogP) is 5.36. The summed E-state index contributed by atoms with van der Waals surface area (Å²) in [6.07, 6.45) is -2.71. The SMILES string of the molecule is Cc1ccc(C(=O)OC[C@@H](OC(=O)c2ccc(C)cc2)[C@@H](O)[C@](C=O)(OCc2ccccc2)c2ccccc2)cc1. The summed E-state index contributed by atoms with van der Waals surface area (Å²) in [5.41, 5.74) is 1.60. The van der Waals surface area contributed by atoms with Gasteiger partial charge < -0.3 is 19.3 Å². The van der Waals surface area contributed by atoms with Crippen molar-refractivity contribution in [2.75, 3.05) is 6.61 Å². The van der Waals surface area contributed by atoms with E-state index < -0.39 is 36.4 Å². The molecule has 4 aromatic carbocycles. The second-order valence-corrected chi connectivity index (χ2v) is 9.77. The number of rotatable bonds is 12. The van der Waals surface area contributed by atoms with Crippen LogP contribution in [0.2, 0.25) is 0 Å². The Labute approximate surface area is 239 Å². The van der Waals surface area contributed by atoms with Crippen molar-refractivity contribution in [2.45, 2.75) is 38.3 Å². The number of esters is 2.